The van der Waals surface area contributed by atoms with Crippen LogP contribution in [0.3, 0.4) is 0 Å². The lowest BCUT2D eigenvalue weighted by molar-refractivity contribution is 0.143. The number of alkyl carbamates (subject to hydrolysis) is 1. The molecule has 0 saturated heterocycles. The Hall–Kier alpha value is -2.01. The van der Waals surface area contributed by atoms with Crippen molar-refractivity contribution in [3.63, 3.8) is 0 Å². The number of ether oxygens (including phenoxy) is 1. The third-order valence-electron chi connectivity index (χ3n) is 4.67. The van der Waals surface area contributed by atoms with Gasteiger partial charge in [-0.05, 0) is 42.3 Å². The highest BCUT2D eigenvalue weighted by molar-refractivity contribution is 7.41. The lowest BCUT2D eigenvalue weighted by Gasteiger charge is -2.12. The van der Waals surface area contributed by atoms with E-state index < -0.39 is 6.09 Å². The molecule has 2 atom stereocenters. The number of benzene rings is 1. The summed E-state index contributed by atoms with van der Waals surface area (Å²) in [5.41, 5.74) is 9.32. The number of imidazole rings is 1. The van der Waals surface area contributed by atoms with Gasteiger partial charge in [0.05, 0.1) is 24.9 Å². The molecule has 3 N–H and O–H groups in total. The number of nitrogens with one attached hydrogen (secondary N) is 1. The smallest absolute Gasteiger partial charge is 0.407 e. The first kappa shape index (κ1) is 22.7. The number of hydrogen-bond acceptors (Lipinski definition) is 6. The Morgan fingerprint density at radius 3 is 2.97 bits per heavy atom. The monoisotopic (exact) mass is 466 g/mol. The minimum atomic E-state index is -0.463. The van der Waals surface area contributed by atoms with E-state index >= 15 is 0 Å². The van der Waals surface area contributed by atoms with Crippen LogP contribution >= 0.6 is 30.1 Å². The molecule has 1 aliphatic heterocycles. The minimum Gasteiger partial charge on any atom is -0.450 e. The van der Waals surface area contributed by atoms with Crippen LogP contribution in [0, 0.1) is 6.92 Å². The van der Waals surface area contributed by atoms with Gasteiger partial charge >= 0.3 is 6.09 Å². The molecule has 3 rings (SSSR count). The van der Waals surface area contributed by atoms with Crippen LogP contribution in [0.5, 0.6) is 0 Å². The lowest BCUT2D eigenvalue weighted by Crippen LogP contribution is -2.26. The molecule has 30 heavy (non-hydrogen) atoms. The molecule has 0 bridgehead atoms. The van der Waals surface area contributed by atoms with E-state index in [1.165, 1.54) is 0 Å². The Labute approximate surface area is 185 Å². The highest BCUT2D eigenvalue weighted by atomic mass is 35.5. The lowest BCUT2D eigenvalue weighted by atomic mass is 10.1. The van der Waals surface area contributed by atoms with Crippen molar-refractivity contribution in [2.24, 2.45) is 15.7 Å². The van der Waals surface area contributed by atoms with Gasteiger partial charge in [0.1, 0.15) is 11.5 Å². The van der Waals surface area contributed by atoms with Crippen LogP contribution in [-0.4, -0.2) is 40.1 Å². The summed E-state index contributed by atoms with van der Waals surface area (Å²) in [4.78, 5) is 25.1. The summed E-state index contributed by atoms with van der Waals surface area (Å²) in [6.07, 6.45) is 2.75. The quantitative estimate of drug-likeness (QED) is 0.483. The molecule has 160 valence electrons. The normalized spacial score (nSPS) is 13.2. The van der Waals surface area contributed by atoms with Crippen LogP contribution in [-0.2, 0) is 17.8 Å². The number of unbranched alkanes of at least 4 members (excludes halogenated alkanes) is 1. The molecule has 0 saturated carbocycles. The van der Waals surface area contributed by atoms with Gasteiger partial charge in [0.25, 0.3) is 0 Å². The number of hydrogen-bond donors (Lipinski definition) is 2. The molecule has 8 nitrogen and oxygen atoms in total. The van der Waals surface area contributed by atoms with Gasteiger partial charge in [-0.25, -0.2) is 14.8 Å². The number of aliphatic imine (C=N–C) groups is 2. The summed E-state index contributed by atoms with van der Waals surface area (Å²) in [6, 6.07) is 3.77. The Balaban J connectivity index is 1.42. The van der Waals surface area contributed by atoms with E-state index in [1.807, 2.05) is 23.6 Å². The predicted molar refractivity (Wildman–Crippen MR) is 128 cm³/mol. The number of halogens is 1. The molecule has 1 aromatic heterocycles. The molecular formula is C19H25ClN6O2P2. The third kappa shape index (κ3) is 5.57. The second-order valence-corrected chi connectivity index (χ2v) is 8.52. The second kappa shape index (κ2) is 10.3. The summed E-state index contributed by atoms with van der Waals surface area (Å²) >= 11 is 6.22. The first-order valence-corrected chi connectivity index (χ1v) is 11.0. The zero-order chi connectivity index (χ0) is 21.7. The number of fused-ring (bicyclic) bond motifs is 1. The van der Waals surface area contributed by atoms with Gasteiger partial charge in [-0.15, -0.1) is 9.24 Å². The maximum Gasteiger partial charge on any atom is 0.407 e. The SMILES string of the molecule is Cc1ccc(Cl)c(CNC(=O)OCCCCn2cnc3c2N=C(P)CN=C3N)c1P. The van der Waals surface area contributed by atoms with Gasteiger partial charge in [0, 0.05) is 18.1 Å². The summed E-state index contributed by atoms with van der Waals surface area (Å²) in [5.74, 6) is 1.10. The molecule has 2 aromatic rings. The maximum absolute atomic E-state index is 12.0. The maximum atomic E-state index is 12.0. The topological polar surface area (TPSA) is 107 Å². The minimum absolute atomic E-state index is 0.317. The first-order valence-electron chi connectivity index (χ1n) is 9.49. The number of aryl methyl sites for hydroxylation is 2. The Bertz CT molecular complexity index is 1010. The molecule has 11 heteroatoms. The van der Waals surface area contributed by atoms with Crippen LogP contribution in [0.1, 0.15) is 29.7 Å². The number of carbonyl (C=O) groups is 1. The van der Waals surface area contributed by atoms with Gasteiger partial charge in [-0.3, -0.25) is 4.99 Å². The average molecular weight is 467 g/mol. The standard InChI is InChI=1S/C19H25ClN6O2P2/c1-11-4-5-13(20)12(16(11)30)8-23-19(27)28-7-3-2-6-26-10-24-15-17(21)22-9-14(29)25-18(15)26/h4-5,10H,2-3,6-9,29-30H2,1H3,(H2,21,22)(H,23,27). The van der Waals surface area contributed by atoms with Gasteiger partial charge in [0.15, 0.2) is 5.82 Å². The number of amidine groups is 1. The molecule has 1 amide bonds. The van der Waals surface area contributed by atoms with Crippen molar-refractivity contribution in [3.8, 4) is 0 Å². The van der Waals surface area contributed by atoms with Crippen molar-refractivity contribution in [1.82, 2.24) is 14.9 Å². The number of carbonyl (C=O) groups excluding carboxylic acids is 1. The fraction of sp³-hybridized carbons (Fsp3) is 0.368. The van der Waals surface area contributed by atoms with Crippen molar-refractivity contribution in [1.29, 1.82) is 0 Å². The molecule has 0 radical (unpaired) electrons. The van der Waals surface area contributed by atoms with Crippen molar-refractivity contribution < 1.29 is 9.53 Å². The van der Waals surface area contributed by atoms with E-state index in [4.69, 9.17) is 22.1 Å². The van der Waals surface area contributed by atoms with E-state index in [9.17, 15) is 4.79 Å². The van der Waals surface area contributed by atoms with Crippen LogP contribution in [0.2, 0.25) is 5.02 Å². The largest absolute Gasteiger partial charge is 0.450 e. The first-order chi connectivity index (χ1) is 14.4. The Morgan fingerprint density at radius 2 is 2.17 bits per heavy atom. The van der Waals surface area contributed by atoms with Gasteiger partial charge in [-0.2, -0.15) is 0 Å². The average Bonchev–Trinajstić information content (AvgIpc) is 3.04. The van der Waals surface area contributed by atoms with Crippen LogP contribution in [0.4, 0.5) is 10.6 Å². The number of nitrogens with zero attached hydrogens (tertiary/aromatic N) is 4. The van der Waals surface area contributed by atoms with E-state index in [1.54, 1.807) is 6.33 Å². The van der Waals surface area contributed by atoms with E-state index in [-0.39, 0.29) is 0 Å². The number of nitrogens with two attached hydrogens (primary N) is 1. The zero-order valence-corrected chi connectivity index (χ0v) is 19.8. The summed E-state index contributed by atoms with van der Waals surface area (Å²) in [5, 5.41) is 4.36. The molecule has 1 aliphatic rings. The molecule has 2 heterocycles. The van der Waals surface area contributed by atoms with Gasteiger partial charge < -0.3 is 20.4 Å². The number of aromatic nitrogens is 2. The van der Waals surface area contributed by atoms with E-state index in [2.05, 4.69) is 38.8 Å². The second-order valence-electron chi connectivity index (χ2n) is 6.87. The van der Waals surface area contributed by atoms with Crippen molar-refractivity contribution >= 4 is 58.6 Å². The highest BCUT2D eigenvalue weighted by Crippen LogP contribution is 2.22. The fourth-order valence-corrected chi connectivity index (χ4v) is 3.84. The van der Waals surface area contributed by atoms with Crippen LogP contribution < -0.4 is 16.4 Å². The Kier molecular flexibility index (Phi) is 7.81. The molecule has 0 fully saturated rings. The molecule has 0 aliphatic carbocycles. The van der Waals surface area contributed by atoms with Crippen LogP contribution in [0.25, 0.3) is 0 Å². The molecule has 0 spiro atoms. The molecular weight excluding hydrogens is 442 g/mol. The Morgan fingerprint density at radius 1 is 1.37 bits per heavy atom. The van der Waals surface area contributed by atoms with Crippen molar-refractivity contribution in [3.05, 3.63) is 40.3 Å². The summed E-state index contributed by atoms with van der Waals surface area (Å²) < 4.78 is 7.20. The zero-order valence-electron chi connectivity index (χ0n) is 16.7. The van der Waals surface area contributed by atoms with Gasteiger partial charge in [-0.1, -0.05) is 26.9 Å². The highest BCUT2D eigenvalue weighted by Gasteiger charge is 2.16. The van der Waals surface area contributed by atoms with E-state index in [0.29, 0.717) is 55.0 Å². The van der Waals surface area contributed by atoms with E-state index in [0.717, 1.165) is 28.3 Å². The molecule has 1 aromatic carbocycles. The molecule has 2 unspecified atom stereocenters. The third-order valence-corrected chi connectivity index (χ3v) is 6.14. The predicted octanol–water partition coefficient (Wildman–Crippen LogP) is 2.68. The number of amides is 1. The van der Waals surface area contributed by atoms with Crippen LogP contribution in [0.15, 0.2) is 28.4 Å². The van der Waals surface area contributed by atoms with Gasteiger partial charge in [0.2, 0.25) is 0 Å². The number of rotatable bonds is 7. The fourth-order valence-electron chi connectivity index (χ4n) is 2.95. The summed E-state index contributed by atoms with van der Waals surface area (Å²) in [7, 11) is 5.23. The summed E-state index contributed by atoms with van der Waals surface area (Å²) in [6.45, 7) is 3.77. The van der Waals surface area contributed by atoms with Crippen molar-refractivity contribution in [2.75, 3.05) is 13.2 Å². The van der Waals surface area contributed by atoms with Crippen molar-refractivity contribution in [2.45, 2.75) is 32.9 Å².